The second-order valence-corrected chi connectivity index (χ2v) is 9.72. The Kier molecular flexibility index (Phi) is 8.69. The van der Waals surface area contributed by atoms with E-state index in [1.165, 1.54) is 16.8 Å². The van der Waals surface area contributed by atoms with Gasteiger partial charge in [0.2, 0.25) is 0 Å². The van der Waals surface area contributed by atoms with Gasteiger partial charge < -0.3 is 0 Å². The van der Waals surface area contributed by atoms with Crippen LogP contribution < -0.4 is 10.3 Å². The number of nitrogens with zero attached hydrogens (tertiary/aromatic N) is 2. The Hall–Kier alpha value is -4.57. The number of esters is 3. The monoisotopic (exact) mass is 619 g/mol. The average molecular weight is 618 g/mol. The molecule has 1 aliphatic heterocycles. The van der Waals surface area contributed by atoms with E-state index >= 15 is 0 Å². The van der Waals surface area contributed by atoms with Gasteiger partial charge in [-0.2, -0.15) is 0 Å². The van der Waals surface area contributed by atoms with E-state index in [9.17, 15) is 19.2 Å². The number of aromatic nitrogens is 2. The van der Waals surface area contributed by atoms with E-state index in [0.717, 1.165) is 0 Å². The van der Waals surface area contributed by atoms with Crippen LogP contribution in [0.15, 0.2) is 108 Å². The van der Waals surface area contributed by atoms with Crippen molar-refractivity contribution in [2.24, 2.45) is 0 Å². The molecule has 5 rings (SSSR count). The van der Waals surface area contributed by atoms with Crippen molar-refractivity contribution in [3.8, 4) is 0 Å². The summed E-state index contributed by atoms with van der Waals surface area (Å²) in [5, 5.41) is 0. The fourth-order valence-corrected chi connectivity index (χ4v) is 4.81. The van der Waals surface area contributed by atoms with Crippen LogP contribution >= 0.6 is 0 Å². The van der Waals surface area contributed by atoms with Gasteiger partial charge in [-0.1, -0.05) is 0 Å². The molecule has 207 valence electrons. The molecule has 10 nitrogen and oxygen atoms in total. The van der Waals surface area contributed by atoms with Crippen molar-refractivity contribution < 1.29 is 33.3 Å². The van der Waals surface area contributed by atoms with Crippen molar-refractivity contribution in [2.75, 3.05) is 6.61 Å². The average Bonchev–Trinajstić information content (AvgIpc) is 3.33. The van der Waals surface area contributed by atoms with Gasteiger partial charge in [0.1, 0.15) is 0 Å². The van der Waals surface area contributed by atoms with Gasteiger partial charge in [0.15, 0.2) is 0 Å². The number of carbonyl (C=O) groups is 3. The van der Waals surface area contributed by atoms with Crippen LogP contribution in [0.25, 0.3) is 0 Å². The Balaban J connectivity index is 1.49. The van der Waals surface area contributed by atoms with E-state index in [0.29, 0.717) is 5.56 Å². The zero-order chi connectivity index (χ0) is 28.8. The van der Waals surface area contributed by atoms with Gasteiger partial charge in [-0.3, -0.25) is 0 Å². The summed E-state index contributed by atoms with van der Waals surface area (Å²) in [6.45, 7) is -0.327. The molecule has 41 heavy (non-hydrogen) atoms. The molecule has 1 fully saturated rings. The Bertz CT molecular complexity index is 1580. The van der Waals surface area contributed by atoms with E-state index in [1.807, 2.05) is 0 Å². The number of ether oxygens (including phenoxy) is 4. The molecule has 3 aromatic carbocycles. The Morgan fingerprint density at radius 3 is 1.73 bits per heavy atom. The third-order valence-electron chi connectivity index (χ3n) is 6.26. The third-order valence-corrected chi connectivity index (χ3v) is 6.89. The van der Waals surface area contributed by atoms with Crippen molar-refractivity contribution in [1.82, 2.24) is 9.55 Å². The Morgan fingerprint density at radius 1 is 0.732 bits per heavy atom. The molecule has 0 amide bonds. The number of rotatable bonds is 8. The molecule has 11 heteroatoms. The summed E-state index contributed by atoms with van der Waals surface area (Å²) in [5.74, 6) is -2.00. The van der Waals surface area contributed by atoms with Crippen LogP contribution in [0.3, 0.4) is 0 Å². The van der Waals surface area contributed by atoms with Gasteiger partial charge in [0.05, 0.1) is 0 Å². The molecular weight excluding hydrogens is 595 g/mol. The van der Waals surface area contributed by atoms with Crippen LogP contribution in [0, 0.1) is 0 Å². The van der Waals surface area contributed by atoms with Gasteiger partial charge in [0.25, 0.3) is 0 Å². The molecule has 0 bridgehead atoms. The van der Waals surface area contributed by atoms with Crippen molar-refractivity contribution in [2.45, 2.75) is 24.5 Å². The molecule has 0 saturated carbocycles. The minimum atomic E-state index is -1.22. The Labute approximate surface area is 242 Å². The molecule has 4 aromatic rings. The van der Waals surface area contributed by atoms with Crippen LogP contribution in [0.4, 0.5) is 0 Å². The van der Waals surface area contributed by atoms with Gasteiger partial charge in [-0.05, 0) is 0 Å². The number of hydrogen-bond acceptors (Lipinski definition) is 9. The van der Waals surface area contributed by atoms with E-state index in [-0.39, 0.29) is 22.5 Å². The van der Waals surface area contributed by atoms with Gasteiger partial charge in [-0.15, -0.1) is 0 Å². The fraction of sp³-hybridized carbons (Fsp3) is 0.167. The van der Waals surface area contributed by atoms with Crippen molar-refractivity contribution in [3.63, 3.8) is 0 Å². The van der Waals surface area contributed by atoms with Gasteiger partial charge in [-0.25, -0.2) is 0 Å². The van der Waals surface area contributed by atoms with Crippen LogP contribution in [0.2, 0.25) is 0 Å². The SMILES string of the molecule is O=C(OC[C@H]1O[C@@H](n2ccc(=O)nc2[Se])[C@H](OC(=O)c2ccccc2)[C@@H]1OC(=O)c1ccccc1)c1ccccc1. The number of benzene rings is 3. The topological polar surface area (TPSA) is 123 Å². The third kappa shape index (κ3) is 6.60. The second kappa shape index (κ2) is 12.7. The molecule has 4 atom stereocenters. The van der Waals surface area contributed by atoms with Crippen LogP contribution in [0.5, 0.6) is 0 Å². The first kappa shape index (κ1) is 28.0. The molecule has 2 heterocycles. The summed E-state index contributed by atoms with van der Waals surface area (Å²) < 4.78 is 25.1. The maximum absolute atomic E-state index is 13.2. The van der Waals surface area contributed by atoms with Crippen molar-refractivity contribution in [3.05, 3.63) is 130 Å². The van der Waals surface area contributed by atoms with Gasteiger partial charge in [0, 0.05) is 0 Å². The van der Waals surface area contributed by atoms with Crippen LogP contribution in [-0.4, -0.2) is 68.4 Å². The zero-order valence-electron chi connectivity index (χ0n) is 21.4. The summed E-state index contributed by atoms with van der Waals surface area (Å²) in [6, 6.07) is 26.1. The van der Waals surface area contributed by atoms with E-state index in [4.69, 9.17) is 18.9 Å². The Morgan fingerprint density at radius 2 is 1.22 bits per heavy atom. The normalized spacial score (nSPS) is 19.7. The predicted molar refractivity (Wildman–Crippen MR) is 146 cm³/mol. The molecule has 1 aromatic heterocycles. The maximum atomic E-state index is 13.2. The summed E-state index contributed by atoms with van der Waals surface area (Å²) in [5.41, 5.74) is 0.353. The summed E-state index contributed by atoms with van der Waals surface area (Å²) in [6.07, 6.45) is -3.15. The summed E-state index contributed by atoms with van der Waals surface area (Å²) in [4.78, 5) is 54.8. The molecule has 0 aliphatic carbocycles. The zero-order valence-corrected chi connectivity index (χ0v) is 23.1. The van der Waals surface area contributed by atoms with E-state index in [1.54, 1.807) is 91.0 Å². The molecule has 1 radical (unpaired) electrons. The number of carbonyl (C=O) groups excluding carboxylic acids is 3. The van der Waals surface area contributed by atoms with E-state index in [2.05, 4.69) is 21.0 Å². The van der Waals surface area contributed by atoms with Crippen molar-refractivity contribution in [1.29, 1.82) is 0 Å². The van der Waals surface area contributed by atoms with Crippen LogP contribution in [-0.2, 0) is 18.9 Å². The first-order valence-electron chi connectivity index (χ1n) is 12.6. The number of hydrogen-bond donors (Lipinski definition) is 0. The minimum absolute atomic E-state index is 0.151. The molecule has 0 N–H and O–H groups in total. The fourth-order valence-electron chi connectivity index (χ4n) is 4.27. The predicted octanol–water partition coefficient (Wildman–Crippen LogP) is 2.24. The standard InChI is InChI=1S/C30H23N2O8Se/c33-23-16-17-32(30(41)31-23)26-25(40-29(36)21-14-8-3-9-15-21)24(39-28(35)20-12-6-2-7-13-20)22(38-26)18-37-27(34)19-10-4-1-5-11-19/h1-17,22,24-26H,18H2/t22-,24-,25-,26-/m1/s1. The molecule has 1 saturated heterocycles. The van der Waals surface area contributed by atoms with E-state index < -0.39 is 48.0 Å². The quantitative estimate of drug-likeness (QED) is 0.166. The second-order valence-electron chi connectivity index (χ2n) is 8.96. The molecular formula is C30H23N2O8Se. The summed E-state index contributed by atoms with van der Waals surface area (Å²) >= 11 is 2.70. The van der Waals surface area contributed by atoms with Crippen molar-refractivity contribution >= 4 is 38.6 Å². The van der Waals surface area contributed by atoms with Crippen LogP contribution in [0.1, 0.15) is 37.3 Å². The first-order chi connectivity index (χ1) is 19.9. The molecule has 0 unspecified atom stereocenters. The molecule has 0 spiro atoms. The molecule has 1 aliphatic rings. The first-order valence-corrected chi connectivity index (χ1v) is 13.4. The summed E-state index contributed by atoms with van der Waals surface area (Å²) in [7, 11) is 0. The van der Waals surface area contributed by atoms with Gasteiger partial charge >= 0.3 is 243 Å².